The van der Waals surface area contributed by atoms with Crippen molar-refractivity contribution >= 4 is 29.2 Å². The summed E-state index contributed by atoms with van der Waals surface area (Å²) in [5.41, 5.74) is 0.669. The summed E-state index contributed by atoms with van der Waals surface area (Å²) in [4.78, 5) is 41.8. The number of carbonyl (C=O) groups excluding carboxylic acids is 2. The number of aryl methyl sites for hydroxylation is 1. The van der Waals surface area contributed by atoms with Gasteiger partial charge in [-0.1, -0.05) is 30.7 Å². The maximum absolute atomic E-state index is 13.8. The molecule has 0 fully saturated rings. The van der Waals surface area contributed by atoms with Gasteiger partial charge in [-0.3, -0.25) is 14.2 Å². The van der Waals surface area contributed by atoms with Crippen molar-refractivity contribution in [2.45, 2.75) is 19.9 Å². The molecule has 0 spiro atoms. The lowest BCUT2D eigenvalue weighted by molar-refractivity contribution is -0.116. The molecule has 31 heavy (non-hydrogen) atoms. The number of anilines is 1. The molecule has 9 heteroatoms. The number of halogens is 2. The van der Waals surface area contributed by atoms with E-state index in [2.05, 4.69) is 10.3 Å². The third-order valence-electron chi connectivity index (χ3n) is 4.47. The van der Waals surface area contributed by atoms with Crippen LogP contribution in [0.2, 0.25) is 5.02 Å². The Balaban J connectivity index is 1.98. The van der Waals surface area contributed by atoms with Gasteiger partial charge in [0.05, 0.1) is 18.4 Å². The van der Waals surface area contributed by atoms with Crippen LogP contribution in [0.5, 0.6) is 0 Å². The predicted molar refractivity (Wildman–Crippen MR) is 115 cm³/mol. The minimum Gasteiger partial charge on any atom is -0.465 e. The normalized spacial score (nSPS) is 10.6. The van der Waals surface area contributed by atoms with E-state index < -0.39 is 29.8 Å². The Morgan fingerprint density at radius 2 is 1.97 bits per heavy atom. The number of nitrogens with zero attached hydrogens (tertiary/aromatic N) is 2. The average Bonchev–Trinajstić information content (AvgIpc) is 2.74. The molecule has 0 unspecified atom stereocenters. The maximum atomic E-state index is 13.8. The number of aromatic nitrogens is 2. The highest BCUT2D eigenvalue weighted by Gasteiger charge is 2.18. The second kappa shape index (κ2) is 9.53. The zero-order valence-electron chi connectivity index (χ0n) is 16.8. The fraction of sp³-hybridized carbons (Fsp3) is 0.182. The highest BCUT2D eigenvalue weighted by molar-refractivity contribution is 6.31. The van der Waals surface area contributed by atoms with Gasteiger partial charge in [0.1, 0.15) is 18.2 Å². The fourth-order valence-electron chi connectivity index (χ4n) is 2.98. The zero-order chi connectivity index (χ0) is 22.5. The largest absolute Gasteiger partial charge is 0.465 e. The number of amides is 1. The lowest BCUT2D eigenvalue weighted by atomic mass is 10.1. The van der Waals surface area contributed by atoms with Crippen LogP contribution in [-0.4, -0.2) is 28.5 Å². The van der Waals surface area contributed by atoms with Crippen molar-refractivity contribution < 1.29 is 18.7 Å². The number of ether oxygens (including phenoxy) is 1. The molecule has 0 atom stereocenters. The van der Waals surface area contributed by atoms with Gasteiger partial charge < -0.3 is 10.1 Å². The Morgan fingerprint density at radius 1 is 1.19 bits per heavy atom. The Labute approximate surface area is 182 Å². The summed E-state index contributed by atoms with van der Waals surface area (Å²) in [6, 6.07) is 11.3. The minimum absolute atomic E-state index is 0.109. The van der Waals surface area contributed by atoms with Crippen molar-refractivity contribution in [2.75, 3.05) is 12.4 Å². The summed E-state index contributed by atoms with van der Waals surface area (Å²) in [7, 11) is 1.22. The van der Waals surface area contributed by atoms with E-state index in [4.69, 9.17) is 16.3 Å². The van der Waals surface area contributed by atoms with E-state index in [1.165, 1.54) is 49.6 Å². The van der Waals surface area contributed by atoms with Gasteiger partial charge in [-0.25, -0.2) is 14.2 Å². The highest BCUT2D eigenvalue weighted by Crippen LogP contribution is 2.22. The van der Waals surface area contributed by atoms with Crippen LogP contribution in [0.4, 0.5) is 10.1 Å². The maximum Gasteiger partial charge on any atom is 0.339 e. The summed E-state index contributed by atoms with van der Waals surface area (Å²) in [5.74, 6) is -1.58. The van der Waals surface area contributed by atoms with Crippen molar-refractivity contribution in [3.63, 3.8) is 0 Å². The smallest absolute Gasteiger partial charge is 0.339 e. The molecule has 0 saturated heterocycles. The molecule has 1 aromatic heterocycles. The van der Waals surface area contributed by atoms with Crippen LogP contribution in [0.15, 0.2) is 53.3 Å². The van der Waals surface area contributed by atoms with E-state index in [0.29, 0.717) is 22.7 Å². The van der Waals surface area contributed by atoms with Crippen molar-refractivity contribution in [3.8, 4) is 11.4 Å². The van der Waals surface area contributed by atoms with Crippen LogP contribution in [0.1, 0.15) is 23.0 Å². The summed E-state index contributed by atoms with van der Waals surface area (Å²) >= 11 is 5.98. The Bertz CT molecular complexity index is 1210. The summed E-state index contributed by atoms with van der Waals surface area (Å²) in [5, 5.41) is 2.88. The molecule has 160 valence electrons. The van der Waals surface area contributed by atoms with Gasteiger partial charge in [0, 0.05) is 22.3 Å². The SMILES string of the molecule is CCc1cc(=O)n(CC(=O)Nc2cc(Cl)ccc2C(=O)OC)c(-c2cccc(F)c2)n1. The van der Waals surface area contributed by atoms with Crippen LogP contribution in [0, 0.1) is 5.82 Å². The molecule has 2 aromatic carbocycles. The predicted octanol–water partition coefficient (Wildman–Crippen LogP) is 3.69. The van der Waals surface area contributed by atoms with Crippen LogP contribution in [0.25, 0.3) is 11.4 Å². The van der Waals surface area contributed by atoms with Crippen LogP contribution in [-0.2, 0) is 22.5 Å². The zero-order valence-corrected chi connectivity index (χ0v) is 17.6. The quantitative estimate of drug-likeness (QED) is 0.587. The monoisotopic (exact) mass is 443 g/mol. The number of methoxy groups -OCH3 is 1. The molecule has 0 radical (unpaired) electrons. The molecule has 1 N–H and O–H groups in total. The van der Waals surface area contributed by atoms with Crippen molar-refractivity contribution in [1.82, 2.24) is 9.55 Å². The van der Waals surface area contributed by atoms with Crippen LogP contribution >= 0.6 is 11.6 Å². The molecule has 3 aromatic rings. The molecule has 1 amide bonds. The van der Waals surface area contributed by atoms with Crippen LogP contribution in [0.3, 0.4) is 0 Å². The lowest BCUT2D eigenvalue weighted by Gasteiger charge is -2.15. The first kappa shape index (κ1) is 22.2. The summed E-state index contributed by atoms with van der Waals surface area (Å²) in [6.07, 6.45) is 0.496. The number of rotatable bonds is 6. The third kappa shape index (κ3) is 5.16. The van der Waals surface area contributed by atoms with E-state index in [1.807, 2.05) is 6.92 Å². The van der Waals surface area contributed by atoms with E-state index >= 15 is 0 Å². The second-order valence-electron chi connectivity index (χ2n) is 6.59. The fourth-order valence-corrected chi connectivity index (χ4v) is 3.15. The summed E-state index contributed by atoms with van der Waals surface area (Å²) < 4.78 is 19.6. The number of nitrogens with one attached hydrogen (secondary N) is 1. The van der Waals surface area contributed by atoms with Gasteiger partial charge in [0.15, 0.2) is 0 Å². The van der Waals surface area contributed by atoms with Gasteiger partial charge in [-0.15, -0.1) is 0 Å². The number of esters is 1. The molecule has 1 heterocycles. The average molecular weight is 444 g/mol. The van der Waals surface area contributed by atoms with Gasteiger partial charge in [0.2, 0.25) is 5.91 Å². The first-order chi connectivity index (χ1) is 14.8. The molecular formula is C22H19ClFN3O4. The Hall–Kier alpha value is -3.52. The number of hydrogen-bond acceptors (Lipinski definition) is 5. The first-order valence-corrected chi connectivity index (χ1v) is 9.74. The Morgan fingerprint density at radius 3 is 2.65 bits per heavy atom. The molecular weight excluding hydrogens is 425 g/mol. The molecule has 0 saturated carbocycles. The third-order valence-corrected chi connectivity index (χ3v) is 4.70. The van der Waals surface area contributed by atoms with E-state index in [9.17, 15) is 18.8 Å². The van der Waals surface area contributed by atoms with E-state index in [-0.39, 0.29) is 17.1 Å². The van der Waals surface area contributed by atoms with Crippen molar-refractivity contribution in [3.05, 3.63) is 81.0 Å². The number of carbonyl (C=O) groups is 2. The van der Waals surface area contributed by atoms with Crippen molar-refractivity contribution in [2.24, 2.45) is 0 Å². The standard InChI is InChI=1S/C22H19ClFN3O4/c1-3-16-11-20(29)27(21(25-16)13-5-4-6-15(24)9-13)12-19(28)26-18-10-14(23)7-8-17(18)22(30)31-2/h4-11H,3,12H2,1-2H3,(H,26,28). The number of benzene rings is 2. The first-order valence-electron chi connectivity index (χ1n) is 9.36. The number of hydrogen-bond donors (Lipinski definition) is 1. The van der Waals surface area contributed by atoms with Gasteiger partial charge in [-0.05, 0) is 36.8 Å². The van der Waals surface area contributed by atoms with Gasteiger partial charge >= 0.3 is 5.97 Å². The van der Waals surface area contributed by atoms with E-state index in [0.717, 1.165) is 4.57 Å². The molecule has 0 aliphatic rings. The molecule has 3 rings (SSSR count). The topological polar surface area (TPSA) is 90.3 Å². The Kier molecular flexibility index (Phi) is 6.81. The molecule has 0 aliphatic carbocycles. The summed E-state index contributed by atoms with van der Waals surface area (Å²) in [6.45, 7) is 1.43. The van der Waals surface area contributed by atoms with E-state index in [1.54, 1.807) is 6.07 Å². The second-order valence-corrected chi connectivity index (χ2v) is 7.03. The molecule has 7 nitrogen and oxygen atoms in total. The van der Waals surface area contributed by atoms with Crippen LogP contribution < -0.4 is 10.9 Å². The lowest BCUT2D eigenvalue weighted by Crippen LogP contribution is -2.30. The highest BCUT2D eigenvalue weighted by atomic mass is 35.5. The minimum atomic E-state index is -0.654. The molecule has 0 bridgehead atoms. The molecule has 0 aliphatic heterocycles. The van der Waals surface area contributed by atoms with Gasteiger partial charge in [-0.2, -0.15) is 0 Å². The van der Waals surface area contributed by atoms with Gasteiger partial charge in [0.25, 0.3) is 5.56 Å². The van der Waals surface area contributed by atoms with Crippen molar-refractivity contribution in [1.29, 1.82) is 0 Å².